The van der Waals surface area contributed by atoms with Gasteiger partial charge >= 0.3 is 0 Å². The Hall–Kier alpha value is -0.410. The van der Waals surface area contributed by atoms with Crippen LogP contribution in [0.5, 0.6) is 0 Å². The molecule has 9 heavy (non-hydrogen) atoms. The fraction of sp³-hybridized carbons (Fsp3) is 0.833. The van der Waals surface area contributed by atoms with Gasteiger partial charge in [0.15, 0.2) is 0 Å². The van der Waals surface area contributed by atoms with E-state index in [1.54, 1.807) is 6.92 Å². The third kappa shape index (κ3) is 4.12. The van der Waals surface area contributed by atoms with Gasteiger partial charge in [-0.2, -0.15) is 0 Å². The predicted molar refractivity (Wildman–Crippen MR) is 35.1 cm³/mol. The molecule has 0 aromatic carbocycles. The molecular weight excluding hydrogens is 118 g/mol. The van der Waals surface area contributed by atoms with Gasteiger partial charge < -0.3 is 15.3 Å². The van der Waals surface area contributed by atoms with Gasteiger partial charge in [-0.25, -0.2) is 0 Å². The zero-order valence-corrected chi connectivity index (χ0v) is 5.89. The molecule has 1 unspecified atom stereocenters. The lowest BCUT2D eigenvalue weighted by Crippen LogP contribution is -2.42. The summed E-state index contributed by atoms with van der Waals surface area (Å²) in [5.74, 6) is 0. The van der Waals surface area contributed by atoms with E-state index in [9.17, 15) is 4.79 Å². The van der Waals surface area contributed by atoms with Crippen molar-refractivity contribution in [2.75, 3.05) is 13.2 Å². The Kier molecular flexibility index (Phi) is 3.42. The monoisotopic (exact) mass is 131 g/mol. The van der Waals surface area contributed by atoms with Gasteiger partial charge in [-0.05, 0) is 13.8 Å². The van der Waals surface area contributed by atoms with Crippen molar-refractivity contribution in [3.05, 3.63) is 0 Å². The predicted octanol–water partition coefficient (Wildman–Crippen LogP) is -0.0608. The first-order valence-corrected chi connectivity index (χ1v) is 2.95. The summed E-state index contributed by atoms with van der Waals surface area (Å²) in [6.45, 7) is 4.39. The number of carbonyl (C=O) groups is 1. The van der Waals surface area contributed by atoms with Crippen LogP contribution in [0.1, 0.15) is 13.8 Å². The zero-order chi connectivity index (χ0) is 7.33. The van der Waals surface area contributed by atoms with E-state index in [0.717, 1.165) is 0 Å². The van der Waals surface area contributed by atoms with E-state index in [1.165, 1.54) is 0 Å². The molecular formula is C6H13NO2. The molecule has 0 aliphatic heterocycles. The third-order valence-electron chi connectivity index (χ3n) is 0.886. The fourth-order valence-corrected chi connectivity index (χ4v) is 0.356. The molecule has 0 fully saturated rings. The Morgan fingerprint density at radius 1 is 1.78 bits per heavy atom. The molecule has 0 amide bonds. The van der Waals surface area contributed by atoms with Gasteiger partial charge in [0.2, 0.25) is 0 Å². The average molecular weight is 131 g/mol. The van der Waals surface area contributed by atoms with Gasteiger partial charge in [-0.1, -0.05) is 0 Å². The van der Waals surface area contributed by atoms with E-state index in [2.05, 4.69) is 0 Å². The highest BCUT2D eigenvalue weighted by molar-refractivity contribution is 5.63. The summed E-state index contributed by atoms with van der Waals surface area (Å²) in [4.78, 5) is 10.1. The number of hydrogen-bond donors (Lipinski definition) is 1. The fourth-order valence-electron chi connectivity index (χ4n) is 0.356. The number of carbonyl (C=O) groups excluding carboxylic acids is 1. The second kappa shape index (κ2) is 3.58. The Bertz CT molecular complexity index is 91.1. The molecule has 54 valence electrons. The number of ether oxygens (including phenoxy) is 1. The molecule has 0 saturated heterocycles. The van der Waals surface area contributed by atoms with Crippen LogP contribution in [0.4, 0.5) is 0 Å². The summed E-state index contributed by atoms with van der Waals surface area (Å²) in [5.41, 5.74) is 4.60. The molecule has 0 aliphatic rings. The van der Waals surface area contributed by atoms with Crippen molar-refractivity contribution in [1.82, 2.24) is 0 Å². The lowest BCUT2D eigenvalue weighted by atomic mass is 10.1. The van der Waals surface area contributed by atoms with Crippen molar-refractivity contribution in [3.8, 4) is 0 Å². The highest BCUT2D eigenvalue weighted by Crippen LogP contribution is 1.93. The maximum absolute atomic E-state index is 10.1. The summed E-state index contributed by atoms with van der Waals surface area (Å²) in [6, 6.07) is 0. The van der Waals surface area contributed by atoms with Crippen LogP contribution in [0.2, 0.25) is 0 Å². The van der Waals surface area contributed by atoms with Crippen LogP contribution in [-0.4, -0.2) is 25.0 Å². The molecule has 0 rings (SSSR count). The van der Waals surface area contributed by atoms with Crippen molar-refractivity contribution < 1.29 is 9.53 Å². The SMILES string of the molecule is CCOCC(C)(N)C=O. The van der Waals surface area contributed by atoms with Crippen LogP contribution in [0.25, 0.3) is 0 Å². The second-order valence-electron chi connectivity index (χ2n) is 2.26. The number of rotatable bonds is 4. The van der Waals surface area contributed by atoms with Crippen LogP contribution >= 0.6 is 0 Å². The van der Waals surface area contributed by atoms with Crippen LogP contribution in [-0.2, 0) is 9.53 Å². The standard InChI is InChI=1S/C6H13NO2/c1-3-9-5-6(2,7)4-8/h4H,3,5,7H2,1-2H3. The van der Waals surface area contributed by atoms with Gasteiger partial charge in [-0.15, -0.1) is 0 Å². The molecule has 0 aliphatic carbocycles. The molecule has 0 spiro atoms. The Labute approximate surface area is 55.2 Å². The lowest BCUT2D eigenvalue weighted by Gasteiger charge is -2.15. The van der Waals surface area contributed by atoms with Crippen LogP contribution < -0.4 is 5.73 Å². The topological polar surface area (TPSA) is 52.3 Å². The summed E-state index contributed by atoms with van der Waals surface area (Å²) in [6.07, 6.45) is 0.697. The second-order valence-corrected chi connectivity index (χ2v) is 2.26. The molecule has 0 aromatic heterocycles. The van der Waals surface area contributed by atoms with Crippen LogP contribution in [0, 0.1) is 0 Å². The summed E-state index contributed by atoms with van der Waals surface area (Å²) < 4.78 is 4.93. The van der Waals surface area contributed by atoms with E-state index in [1.807, 2.05) is 6.92 Å². The van der Waals surface area contributed by atoms with Crippen molar-refractivity contribution in [2.24, 2.45) is 5.73 Å². The summed E-state index contributed by atoms with van der Waals surface area (Å²) >= 11 is 0. The number of hydrogen-bond acceptors (Lipinski definition) is 3. The number of nitrogens with two attached hydrogens (primary N) is 1. The smallest absolute Gasteiger partial charge is 0.141 e. The molecule has 0 radical (unpaired) electrons. The van der Waals surface area contributed by atoms with Crippen LogP contribution in [0.3, 0.4) is 0 Å². The van der Waals surface area contributed by atoms with E-state index < -0.39 is 5.54 Å². The largest absolute Gasteiger partial charge is 0.379 e. The summed E-state index contributed by atoms with van der Waals surface area (Å²) in [7, 11) is 0. The van der Waals surface area contributed by atoms with Gasteiger partial charge in [0.05, 0.1) is 12.1 Å². The first-order valence-electron chi connectivity index (χ1n) is 2.95. The van der Waals surface area contributed by atoms with Crippen molar-refractivity contribution in [3.63, 3.8) is 0 Å². The Morgan fingerprint density at radius 2 is 2.33 bits per heavy atom. The maximum Gasteiger partial charge on any atom is 0.141 e. The molecule has 3 heteroatoms. The van der Waals surface area contributed by atoms with E-state index in [0.29, 0.717) is 19.5 Å². The van der Waals surface area contributed by atoms with Gasteiger partial charge in [-0.3, -0.25) is 0 Å². The van der Waals surface area contributed by atoms with Gasteiger partial charge in [0, 0.05) is 6.61 Å². The highest BCUT2D eigenvalue weighted by Gasteiger charge is 2.15. The zero-order valence-electron chi connectivity index (χ0n) is 5.89. The van der Waals surface area contributed by atoms with Crippen LogP contribution in [0.15, 0.2) is 0 Å². The van der Waals surface area contributed by atoms with Crippen molar-refractivity contribution >= 4 is 6.29 Å². The molecule has 1 atom stereocenters. The first kappa shape index (κ1) is 8.59. The van der Waals surface area contributed by atoms with Crippen molar-refractivity contribution in [1.29, 1.82) is 0 Å². The van der Waals surface area contributed by atoms with Gasteiger partial charge in [0.25, 0.3) is 0 Å². The average Bonchev–Trinajstić information content (AvgIpc) is 1.84. The quantitative estimate of drug-likeness (QED) is 0.544. The normalized spacial score (nSPS) is 16.8. The van der Waals surface area contributed by atoms with Crippen molar-refractivity contribution in [2.45, 2.75) is 19.4 Å². The Morgan fingerprint density at radius 3 is 2.67 bits per heavy atom. The minimum Gasteiger partial charge on any atom is -0.379 e. The molecule has 0 heterocycles. The maximum atomic E-state index is 10.1. The first-order chi connectivity index (χ1) is 4.12. The van der Waals surface area contributed by atoms with Gasteiger partial charge in [0.1, 0.15) is 6.29 Å². The third-order valence-corrected chi connectivity index (χ3v) is 0.886. The Balaban J connectivity index is 3.45. The molecule has 0 saturated carbocycles. The molecule has 2 N–H and O–H groups in total. The molecule has 0 bridgehead atoms. The lowest BCUT2D eigenvalue weighted by molar-refractivity contribution is -0.113. The van der Waals surface area contributed by atoms with E-state index in [-0.39, 0.29) is 0 Å². The molecule has 3 nitrogen and oxygen atoms in total. The minimum absolute atomic E-state index is 0.299. The summed E-state index contributed by atoms with van der Waals surface area (Å²) in [5, 5.41) is 0. The minimum atomic E-state index is -0.810. The number of aldehydes is 1. The van der Waals surface area contributed by atoms with E-state index in [4.69, 9.17) is 10.5 Å². The molecule has 0 aromatic rings. The van der Waals surface area contributed by atoms with E-state index >= 15 is 0 Å². The highest BCUT2D eigenvalue weighted by atomic mass is 16.5.